The van der Waals surface area contributed by atoms with E-state index in [0.29, 0.717) is 5.56 Å². The molecule has 3 heteroatoms. The van der Waals surface area contributed by atoms with Crippen molar-refractivity contribution in [3.8, 4) is 0 Å². The van der Waals surface area contributed by atoms with Gasteiger partial charge < -0.3 is 5.32 Å². The van der Waals surface area contributed by atoms with Crippen LogP contribution >= 0.6 is 0 Å². The second kappa shape index (κ2) is 3.69. The number of aromatic nitrogens is 1. The summed E-state index contributed by atoms with van der Waals surface area (Å²) in [6, 6.07) is 5.62. The molecule has 1 amide bonds. The molecule has 15 heavy (non-hydrogen) atoms. The number of hydrogen-bond donors (Lipinski definition) is 1. The second-order valence-corrected chi connectivity index (χ2v) is 3.47. The number of carbonyl (C=O) groups is 1. The van der Waals surface area contributed by atoms with E-state index in [1.54, 1.807) is 19.4 Å². The average Bonchev–Trinajstić information content (AvgIpc) is 2.28. The van der Waals surface area contributed by atoms with E-state index in [2.05, 4.69) is 10.3 Å². The Balaban J connectivity index is 2.64. The van der Waals surface area contributed by atoms with Crippen LogP contribution in [0.2, 0.25) is 0 Å². The van der Waals surface area contributed by atoms with Crippen LogP contribution in [-0.4, -0.2) is 17.9 Å². The third-order valence-corrected chi connectivity index (χ3v) is 2.45. The molecule has 76 valence electrons. The number of fused-ring (bicyclic) bond motifs is 1. The average molecular weight is 200 g/mol. The lowest BCUT2D eigenvalue weighted by Gasteiger charge is -2.04. The molecule has 0 saturated carbocycles. The summed E-state index contributed by atoms with van der Waals surface area (Å²) in [5, 5.41) is 4.74. The second-order valence-electron chi connectivity index (χ2n) is 3.47. The molecule has 2 rings (SSSR count). The van der Waals surface area contributed by atoms with E-state index in [9.17, 15) is 4.79 Å². The van der Waals surface area contributed by atoms with Crippen molar-refractivity contribution >= 4 is 16.7 Å². The third-order valence-electron chi connectivity index (χ3n) is 2.45. The van der Waals surface area contributed by atoms with Gasteiger partial charge in [0.05, 0.1) is 0 Å². The summed E-state index contributed by atoms with van der Waals surface area (Å²) in [4.78, 5) is 15.5. The van der Waals surface area contributed by atoms with E-state index in [-0.39, 0.29) is 5.91 Å². The summed E-state index contributed by atoms with van der Waals surface area (Å²) in [6.07, 6.45) is 3.60. The monoisotopic (exact) mass is 200 g/mol. The minimum Gasteiger partial charge on any atom is -0.355 e. The highest BCUT2D eigenvalue weighted by molar-refractivity contribution is 5.98. The Morgan fingerprint density at radius 3 is 2.87 bits per heavy atom. The Labute approximate surface area is 88.1 Å². The van der Waals surface area contributed by atoms with Gasteiger partial charge in [0, 0.05) is 30.4 Å². The van der Waals surface area contributed by atoms with Gasteiger partial charge in [0.25, 0.3) is 5.91 Å². The lowest BCUT2D eigenvalue weighted by atomic mass is 10.1. The lowest BCUT2D eigenvalue weighted by molar-refractivity contribution is 0.0963. The minimum absolute atomic E-state index is 0.0619. The largest absolute Gasteiger partial charge is 0.355 e. The fourth-order valence-corrected chi connectivity index (χ4v) is 1.59. The zero-order chi connectivity index (χ0) is 10.8. The highest BCUT2D eigenvalue weighted by atomic mass is 16.1. The Morgan fingerprint density at radius 1 is 1.33 bits per heavy atom. The molecule has 0 saturated heterocycles. The van der Waals surface area contributed by atoms with E-state index in [4.69, 9.17) is 0 Å². The van der Waals surface area contributed by atoms with E-state index in [1.165, 1.54) is 0 Å². The number of benzene rings is 1. The lowest BCUT2D eigenvalue weighted by Crippen LogP contribution is -2.17. The molecule has 0 spiro atoms. The van der Waals surface area contributed by atoms with Crippen LogP contribution in [0.5, 0.6) is 0 Å². The summed E-state index contributed by atoms with van der Waals surface area (Å²) >= 11 is 0. The molecule has 0 aliphatic rings. The fourth-order valence-electron chi connectivity index (χ4n) is 1.59. The number of carbonyl (C=O) groups excluding carboxylic acids is 1. The first-order chi connectivity index (χ1) is 7.22. The Morgan fingerprint density at radius 2 is 2.13 bits per heavy atom. The molecule has 0 fully saturated rings. The first-order valence-corrected chi connectivity index (χ1v) is 4.79. The van der Waals surface area contributed by atoms with Gasteiger partial charge in [-0.2, -0.15) is 0 Å². The topological polar surface area (TPSA) is 42.0 Å². The zero-order valence-corrected chi connectivity index (χ0v) is 8.74. The maximum atomic E-state index is 11.4. The number of rotatable bonds is 1. The molecule has 0 atom stereocenters. The van der Waals surface area contributed by atoms with E-state index in [0.717, 1.165) is 16.3 Å². The van der Waals surface area contributed by atoms with Crippen LogP contribution in [0.15, 0.2) is 30.6 Å². The molecule has 1 aromatic carbocycles. The van der Waals surface area contributed by atoms with Gasteiger partial charge in [-0.1, -0.05) is 6.07 Å². The number of nitrogens with one attached hydrogen (secondary N) is 1. The van der Waals surface area contributed by atoms with Gasteiger partial charge in [-0.25, -0.2) is 0 Å². The van der Waals surface area contributed by atoms with Crippen molar-refractivity contribution in [1.82, 2.24) is 10.3 Å². The first-order valence-electron chi connectivity index (χ1n) is 4.79. The highest BCUT2D eigenvalue weighted by Crippen LogP contribution is 2.18. The standard InChI is InChI=1S/C12H12N2O/c1-8-6-14-7-10-4-3-9(5-11(8)10)12(15)13-2/h3-7H,1-2H3,(H,13,15). The highest BCUT2D eigenvalue weighted by Gasteiger charge is 2.04. The maximum absolute atomic E-state index is 11.4. The van der Waals surface area contributed by atoms with Gasteiger partial charge in [-0.15, -0.1) is 0 Å². The van der Waals surface area contributed by atoms with Gasteiger partial charge in [0.2, 0.25) is 0 Å². The van der Waals surface area contributed by atoms with Crippen molar-refractivity contribution < 1.29 is 4.79 Å². The number of pyridine rings is 1. The fraction of sp³-hybridized carbons (Fsp3) is 0.167. The summed E-state index contributed by atoms with van der Waals surface area (Å²) in [5.41, 5.74) is 1.76. The molecule has 1 N–H and O–H groups in total. The SMILES string of the molecule is CNC(=O)c1ccc2cncc(C)c2c1. The van der Waals surface area contributed by atoms with Gasteiger partial charge in [-0.3, -0.25) is 9.78 Å². The molecule has 0 aliphatic carbocycles. The van der Waals surface area contributed by atoms with Gasteiger partial charge in [0.15, 0.2) is 0 Å². The van der Waals surface area contributed by atoms with Crippen molar-refractivity contribution in [2.24, 2.45) is 0 Å². The first kappa shape index (κ1) is 9.65. The molecule has 2 aromatic rings. The normalized spacial score (nSPS) is 10.3. The zero-order valence-electron chi connectivity index (χ0n) is 8.74. The molecule has 1 heterocycles. The molecular weight excluding hydrogens is 188 g/mol. The molecule has 0 aliphatic heterocycles. The van der Waals surface area contributed by atoms with Crippen LogP contribution < -0.4 is 5.32 Å². The number of amides is 1. The predicted octanol–water partition coefficient (Wildman–Crippen LogP) is 1.90. The molecule has 0 bridgehead atoms. The molecule has 0 radical (unpaired) electrons. The number of aryl methyl sites for hydroxylation is 1. The Kier molecular flexibility index (Phi) is 2.37. The quantitative estimate of drug-likeness (QED) is 0.764. The van der Waals surface area contributed by atoms with Crippen molar-refractivity contribution in [3.05, 3.63) is 41.7 Å². The minimum atomic E-state index is -0.0619. The van der Waals surface area contributed by atoms with Crippen LogP contribution in [0.25, 0.3) is 10.8 Å². The summed E-state index contributed by atoms with van der Waals surface area (Å²) in [6.45, 7) is 1.99. The van der Waals surface area contributed by atoms with Crippen molar-refractivity contribution in [1.29, 1.82) is 0 Å². The molecule has 0 unspecified atom stereocenters. The Hall–Kier alpha value is -1.90. The van der Waals surface area contributed by atoms with Crippen molar-refractivity contribution in [3.63, 3.8) is 0 Å². The van der Waals surface area contributed by atoms with Gasteiger partial charge >= 0.3 is 0 Å². The van der Waals surface area contributed by atoms with Crippen LogP contribution in [0.3, 0.4) is 0 Å². The van der Waals surface area contributed by atoms with E-state index < -0.39 is 0 Å². The van der Waals surface area contributed by atoms with Gasteiger partial charge in [0.1, 0.15) is 0 Å². The maximum Gasteiger partial charge on any atom is 0.251 e. The third kappa shape index (κ3) is 1.68. The Bertz CT molecular complexity index is 520. The van der Waals surface area contributed by atoms with Gasteiger partial charge in [-0.05, 0) is 30.0 Å². The number of hydrogen-bond acceptors (Lipinski definition) is 2. The summed E-state index contributed by atoms with van der Waals surface area (Å²) in [7, 11) is 1.63. The summed E-state index contributed by atoms with van der Waals surface area (Å²) < 4.78 is 0. The van der Waals surface area contributed by atoms with Crippen LogP contribution in [0, 0.1) is 6.92 Å². The molecule has 1 aromatic heterocycles. The smallest absolute Gasteiger partial charge is 0.251 e. The van der Waals surface area contributed by atoms with Crippen LogP contribution in [-0.2, 0) is 0 Å². The van der Waals surface area contributed by atoms with Crippen molar-refractivity contribution in [2.45, 2.75) is 6.92 Å². The van der Waals surface area contributed by atoms with Crippen molar-refractivity contribution in [2.75, 3.05) is 7.05 Å². The van der Waals surface area contributed by atoms with E-state index >= 15 is 0 Å². The van der Waals surface area contributed by atoms with E-state index in [1.807, 2.05) is 25.1 Å². The number of nitrogens with zero attached hydrogens (tertiary/aromatic N) is 1. The molecular formula is C12H12N2O. The van der Waals surface area contributed by atoms with Crippen LogP contribution in [0.4, 0.5) is 0 Å². The summed E-state index contributed by atoms with van der Waals surface area (Å²) in [5.74, 6) is -0.0619. The molecule has 3 nitrogen and oxygen atoms in total. The predicted molar refractivity (Wildman–Crippen MR) is 59.9 cm³/mol. The van der Waals surface area contributed by atoms with Crippen LogP contribution in [0.1, 0.15) is 15.9 Å².